The third-order valence-electron chi connectivity index (χ3n) is 2.52. The zero-order chi connectivity index (χ0) is 13.2. The molecule has 0 aliphatic rings. The minimum atomic E-state index is -1.29. The van der Waals surface area contributed by atoms with E-state index in [9.17, 15) is 14.7 Å². The van der Waals surface area contributed by atoms with E-state index in [1.54, 1.807) is 19.9 Å². The second-order valence-electron chi connectivity index (χ2n) is 3.90. The number of pyridine rings is 1. The maximum absolute atomic E-state index is 11.9. The van der Waals surface area contributed by atoms with E-state index in [1.165, 1.54) is 0 Å². The van der Waals surface area contributed by atoms with Gasteiger partial charge in [-0.25, -0.2) is 4.79 Å². The zero-order valence-corrected chi connectivity index (χ0v) is 9.67. The molecule has 0 fully saturated rings. The minimum absolute atomic E-state index is 0.123. The molecule has 0 aliphatic heterocycles. The van der Waals surface area contributed by atoms with Crippen molar-refractivity contribution < 1.29 is 20.1 Å². The summed E-state index contributed by atoms with van der Waals surface area (Å²) in [6.07, 6.45) is -1.09. The molecular weight excluding hydrogens is 226 g/mol. The Bertz CT molecular complexity index is 491. The molecule has 1 aromatic rings. The molecule has 17 heavy (non-hydrogen) atoms. The summed E-state index contributed by atoms with van der Waals surface area (Å²) in [6.45, 7) is 2.58. The molecule has 1 aromatic heterocycles. The van der Waals surface area contributed by atoms with Crippen molar-refractivity contribution in [3.05, 3.63) is 33.2 Å². The molecule has 1 unspecified atom stereocenters. The highest BCUT2D eigenvalue weighted by Crippen LogP contribution is 2.07. The highest BCUT2D eigenvalue weighted by Gasteiger charge is 2.17. The van der Waals surface area contributed by atoms with Crippen LogP contribution in [0.1, 0.15) is 21.6 Å². The quantitative estimate of drug-likeness (QED) is 0.661. The molecule has 94 valence electrons. The van der Waals surface area contributed by atoms with Crippen LogP contribution < -0.4 is 5.56 Å². The first-order valence-corrected chi connectivity index (χ1v) is 5.11. The molecule has 0 radical (unpaired) electrons. The number of aliphatic hydroxyl groups is 2. The third-order valence-corrected chi connectivity index (χ3v) is 2.52. The van der Waals surface area contributed by atoms with Gasteiger partial charge in [0.2, 0.25) is 0 Å². The van der Waals surface area contributed by atoms with Crippen LogP contribution in [0.3, 0.4) is 0 Å². The Labute approximate surface area is 97.8 Å². The second kappa shape index (κ2) is 5.11. The first-order chi connectivity index (χ1) is 7.88. The van der Waals surface area contributed by atoms with Gasteiger partial charge in [0.25, 0.3) is 5.56 Å². The normalized spacial score (nSPS) is 12.5. The predicted octanol–water partition coefficient (Wildman–Crippen LogP) is -0.483. The summed E-state index contributed by atoms with van der Waals surface area (Å²) in [5, 5.41) is 27.0. The zero-order valence-electron chi connectivity index (χ0n) is 9.67. The maximum atomic E-state index is 11.9. The lowest BCUT2D eigenvalue weighted by molar-refractivity contribution is 0.0686. The summed E-state index contributed by atoms with van der Waals surface area (Å²) in [5.74, 6) is -1.29. The second-order valence-corrected chi connectivity index (χ2v) is 3.90. The fourth-order valence-electron chi connectivity index (χ4n) is 1.68. The van der Waals surface area contributed by atoms with Crippen molar-refractivity contribution in [2.75, 3.05) is 6.61 Å². The third kappa shape index (κ3) is 2.72. The number of carboxylic acid groups (broad SMARTS) is 1. The van der Waals surface area contributed by atoms with Crippen LogP contribution in [0.15, 0.2) is 10.9 Å². The molecule has 1 atom stereocenters. The highest BCUT2D eigenvalue weighted by molar-refractivity contribution is 5.88. The van der Waals surface area contributed by atoms with Gasteiger partial charge in [-0.3, -0.25) is 4.79 Å². The molecule has 0 saturated heterocycles. The summed E-state index contributed by atoms with van der Waals surface area (Å²) in [4.78, 5) is 22.8. The van der Waals surface area contributed by atoms with Crippen molar-refractivity contribution in [2.45, 2.75) is 26.5 Å². The number of nitrogens with zero attached hydrogens (tertiary/aromatic N) is 1. The lowest BCUT2D eigenvalue weighted by Gasteiger charge is -2.15. The molecule has 0 amide bonds. The van der Waals surface area contributed by atoms with Gasteiger partial charge >= 0.3 is 5.97 Å². The summed E-state index contributed by atoms with van der Waals surface area (Å²) < 4.78 is 1.15. The van der Waals surface area contributed by atoms with Crippen molar-refractivity contribution in [2.24, 2.45) is 0 Å². The van der Waals surface area contributed by atoms with Gasteiger partial charge in [0.15, 0.2) is 0 Å². The van der Waals surface area contributed by atoms with E-state index in [0.717, 1.165) is 4.57 Å². The number of aromatic carboxylic acids is 1. The first-order valence-electron chi connectivity index (χ1n) is 5.11. The molecule has 1 heterocycles. The van der Waals surface area contributed by atoms with Crippen molar-refractivity contribution in [3.8, 4) is 0 Å². The average molecular weight is 241 g/mol. The lowest BCUT2D eigenvalue weighted by atomic mass is 10.1. The number of aryl methyl sites for hydroxylation is 2. The van der Waals surface area contributed by atoms with Gasteiger partial charge in [-0.1, -0.05) is 0 Å². The molecule has 0 saturated carbocycles. The van der Waals surface area contributed by atoms with Crippen molar-refractivity contribution >= 4 is 5.97 Å². The van der Waals surface area contributed by atoms with Crippen LogP contribution in [0.25, 0.3) is 0 Å². The van der Waals surface area contributed by atoms with Crippen LogP contribution in [0.2, 0.25) is 0 Å². The Morgan fingerprint density at radius 3 is 2.53 bits per heavy atom. The Morgan fingerprint density at radius 1 is 1.47 bits per heavy atom. The van der Waals surface area contributed by atoms with Crippen molar-refractivity contribution in [1.29, 1.82) is 0 Å². The van der Waals surface area contributed by atoms with Gasteiger partial charge in [-0.15, -0.1) is 0 Å². The minimum Gasteiger partial charge on any atom is -0.477 e. The van der Waals surface area contributed by atoms with E-state index in [2.05, 4.69) is 0 Å². The van der Waals surface area contributed by atoms with E-state index in [0.29, 0.717) is 11.3 Å². The molecule has 1 rings (SSSR count). The van der Waals surface area contributed by atoms with Crippen LogP contribution in [-0.2, 0) is 6.54 Å². The van der Waals surface area contributed by atoms with E-state index in [4.69, 9.17) is 10.2 Å². The molecule has 0 aromatic carbocycles. The monoisotopic (exact) mass is 241 g/mol. The van der Waals surface area contributed by atoms with Gasteiger partial charge in [0, 0.05) is 5.69 Å². The van der Waals surface area contributed by atoms with Gasteiger partial charge < -0.3 is 19.9 Å². The number of carbonyl (C=O) groups is 1. The SMILES string of the molecule is Cc1cc(C)n(CC(O)CO)c(=O)c1C(=O)O. The number of aliphatic hydroxyl groups excluding tert-OH is 2. The fraction of sp³-hybridized carbons (Fsp3) is 0.455. The number of hydrogen-bond donors (Lipinski definition) is 3. The first kappa shape index (κ1) is 13.4. The van der Waals surface area contributed by atoms with Gasteiger partial charge in [-0.05, 0) is 25.5 Å². The lowest BCUT2D eigenvalue weighted by Crippen LogP contribution is -2.34. The standard InChI is InChI=1S/C11H15NO5/c1-6-3-7(2)12(4-8(14)5-13)10(15)9(6)11(16)17/h3,8,13-14H,4-5H2,1-2H3,(H,16,17). The summed E-state index contributed by atoms with van der Waals surface area (Å²) in [7, 11) is 0. The summed E-state index contributed by atoms with van der Waals surface area (Å²) >= 11 is 0. The van der Waals surface area contributed by atoms with E-state index in [1.807, 2.05) is 0 Å². The Morgan fingerprint density at radius 2 is 2.06 bits per heavy atom. The Balaban J connectivity index is 3.36. The van der Waals surface area contributed by atoms with Crippen molar-refractivity contribution in [1.82, 2.24) is 4.57 Å². The van der Waals surface area contributed by atoms with E-state index in [-0.39, 0.29) is 12.1 Å². The summed E-state index contributed by atoms with van der Waals surface area (Å²) in [6, 6.07) is 1.56. The number of hydrogen-bond acceptors (Lipinski definition) is 4. The van der Waals surface area contributed by atoms with Gasteiger partial charge in [-0.2, -0.15) is 0 Å². The van der Waals surface area contributed by atoms with E-state index >= 15 is 0 Å². The van der Waals surface area contributed by atoms with E-state index < -0.39 is 24.2 Å². The highest BCUT2D eigenvalue weighted by atomic mass is 16.4. The molecule has 6 heteroatoms. The number of carboxylic acids is 1. The Hall–Kier alpha value is -1.66. The smallest absolute Gasteiger partial charge is 0.341 e. The molecule has 0 spiro atoms. The number of rotatable bonds is 4. The molecule has 3 N–H and O–H groups in total. The molecule has 0 bridgehead atoms. The largest absolute Gasteiger partial charge is 0.477 e. The van der Waals surface area contributed by atoms with Crippen LogP contribution in [0.4, 0.5) is 0 Å². The topological polar surface area (TPSA) is 99.8 Å². The van der Waals surface area contributed by atoms with Gasteiger partial charge in [0.05, 0.1) is 19.3 Å². The average Bonchev–Trinajstić information content (AvgIpc) is 2.22. The van der Waals surface area contributed by atoms with Gasteiger partial charge in [0.1, 0.15) is 5.56 Å². The van der Waals surface area contributed by atoms with Crippen LogP contribution in [0.5, 0.6) is 0 Å². The molecule has 0 aliphatic carbocycles. The molecule has 6 nitrogen and oxygen atoms in total. The maximum Gasteiger partial charge on any atom is 0.341 e. The van der Waals surface area contributed by atoms with Crippen LogP contribution >= 0.6 is 0 Å². The molecular formula is C11H15NO5. The summed E-state index contributed by atoms with van der Waals surface area (Å²) in [5.41, 5.74) is -0.0389. The van der Waals surface area contributed by atoms with Crippen LogP contribution in [0, 0.1) is 13.8 Å². The van der Waals surface area contributed by atoms with Crippen molar-refractivity contribution in [3.63, 3.8) is 0 Å². The predicted molar refractivity (Wildman–Crippen MR) is 60.2 cm³/mol. The number of aromatic nitrogens is 1. The fourth-order valence-corrected chi connectivity index (χ4v) is 1.68. The van der Waals surface area contributed by atoms with Crippen LogP contribution in [-0.4, -0.2) is 38.6 Å². The Kier molecular flexibility index (Phi) is 4.03.